The number of nitrogens with one attached hydrogen (secondary N) is 1. The van der Waals surface area contributed by atoms with E-state index in [9.17, 15) is 0 Å². The minimum Gasteiger partial charge on any atom is -0.396 e. The van der Waals surface area contributed by atoms with Crippen LogP contribution in [0.1, 0.15) is 32.6 Å². The fourth-order valence-electron chi connectivity index (χ4n) is 2.33. The van der Waals surface area contributed by atoms with E-state index in [1.54, 1.807) is 0 Å². The van der Waals surface area contributed by atoms with Crippen LogP contribution in [0, 0.1) is 23.7 Å². The van der Waals surface area contributed by atoms with Crippen molar-refractivity contribution in [3.63, 3.8) is 0 Å². The summed E-state index contributed by atoms with van der Waals surface area (Å²) in [6.45, 7) is 4.58. The Bertz CT molecular complexity index is 163. The Labute approximate surface area is 87.1 Å². The average molecular weight is 197 g/mol. The largest absolute Gasteiger partial charge is 0.396 e. The second kappa shape index (κ2) is 4.63. The molecule has 1 unspecified atom stereocenters. The van der Waals surface area contributed by atoms with Gasteiger partial charge in [0.05, 0.1) is 0 Å². The summed E-state index contributed by atoms with van der Waals surface area (Å²) in [6.07, 6.45) is 5.88. The third kappa shape index (κ3) is 2.96. The number of aliphatic hydroxyl groups excluding tert-OH is 1. The Kier molecular flexibility index (Phi) is 3.45. The smallest absolute Gasteiger partial charge is 0.0468 e. The van der Waals surface area contributed by atoms with E-state index in [2.05, 4.69) is 12.2 Å². The minimum absolute atomic E-state index is 0.310. The Morgan fingerprint density at radius 1 is 1.14 bits per heavy atom. The highest BCUT2D eigenvalue weighted by atomic mass is 16.3. The van der Waals surface area contributed by atoms with E-state index in [0.29, 0.717) is 12.5 Å². The van der Waals surface area contributed by atoms with E-state index in [1.807, 2.05) is 0 Å². The molecular weight excluding hydrogens is 174 g/mol. The van der Waals surface area contributed by atoms with Crippen LogP contribution < -0.4 is 5.32 Å². The van der Waals surface area contributed by atoms with Crippen molar-refractivity contribution in [2.24, 2.45) is 23.7 Å². The quantitative estimate of drug-likeness (QED) is 0.650. The highest BCUT2D eigenvalue weighted by Gasteiger charge is 2.40. The lowest BCUT2D eigenvalue weighted by atomic mass is 9.98. The molecule has 0 aliphatic heterocycles. The van der Waals surface area contributed by atoms with Crippen LogP contribution in [-0.2, 0) is 0 Å². The zero-order valence-electron chi connectivity index (χ0n) is 9.21. The van der Waals surface area contributed by atoms with Gasteiger partial charge in [-0.05, 0) is 62.4 Å². The van der Waals surface area contributed by atoms with E-state index >= 15 is 0 Å². The van der Waals surface area contributed by atoms with Crippen LogP contribution in [0.15, 0.2) is 0 Å². The maximum absolute atomic E-state index is 8.90. The molecule has 2 fully saturated rings. The maximum atomic E-state index is 8.90. The van der Waals surface area contributed by atoms with Gasteiger partial charge < -0.3 is 10.4 Å². The third-order valence-electron chi connectivity index (χ3n) is 3.64. The van der Waals surface area contributed by atoms with Crippen molar-refractivity contribution in [3.05, 3.63) is 0 Å². The number of hydrogen-bond donors (Lipinski definition) is 2. The summed E-state index contributed by atoms with van der Waals surface area (Å²) < 4.78 is 0. The standard InChI is InChI=1S/C12H23NO/c1-9(8-14)6-13-7-12(10-2-3-10)11-4-5-11/h9-14H,2-8H2,1H3. The lowest BCUT2D eigenvalue weighted by Gasteiger charge is -2.17. The summed E-state index contributed by atoms with van der Waals surface area (Å²) in [5.74, 6) is 3.45. The Balaban J connectivity index is 1.62. The van der Waals surface area contributed by atoms with Crippen LogP contribution in [-0.4, -0.2) is 24.8 Å². The van der Waals surface area contributed by atoms with Crippen LogP contribution in [0.3, 0.4) is 0 Å². The van der Waals surface area contributed by atoms with Crippen molar-refractivity contribution in [2.45, 2.75) is 32.6 Å². The summed E-state index contributed by atoms with van der Waals surface area (Å²) in [5.41, 5.74) is 0. The summed E-state index contributed by atoms with van der Waals surface area (Å²) in [5, 5.41) is 12.4. The van der Waals surface area contributed by atoms with E-state index in [4.69, 9.17) is 5.11 Å². The highest BCUT2D eigenvalue weighted by molar-refractivity contribution is 4.92. The van der Waals surface area contributed by atoms with Gasteiger partial charge in [-0.2, -0.15) is 0 Å². The molecule has 0 saturated heterocycles. The van der Waals surface area contributed by atoms with Gasteiger partial charge in [-0.3, -0.25) is 0 Å². The van der Waals surface area contributed by atoms with Gasteiger partial charge >= 0.3 is 0 Å². The van der Waals surface area contributed by atoms with Gasteiger partial charge in [0.2, 0.25) is 0 Å². The monoisotopic (exact) mass is 197 g/mol. The highest BCUT2D eigenvalue weighted by Crippen LogP contribution is 2.48. The van der Waals surface area contributed by atoms with E-state index in [0.717, 1.165) is 24.3 Å². The van der Waals surface area contributed by atoms with Gasteiger partial charge in [0, 0.05) is 6.61 Å². The van der Waals surface area contributed by atoms with Gasteiger partial charge in [0.15, 0.2) is 0 Å². The molecule has 82 valence electrons. The molecule has 2 heteroatoms. The molecule has 0 radical (unpaired) electrons. The molecule has 0 amide bonds. The van der Waals surface area contributed by atoms with Gasteiger partial charge in [-0.25, -0.2) is 0 Å². The van der Waals surface area contributed by atoms with E-state index < -0.39 is 0 Å². The van der Waals surface area contributed by atoms with E-state index in [1.165, 1.54) is 32.2 Å². The van der Waals surface area contributed by atoms with E-state index in [-0.39, 0.29) is 0 Å². The van der Waals surface area contributed by atoms with Crippen LogP contribution in [0.5, 0.6) is 0 Å². The molecule has 2 nitrogen and oxygen atoms in total. The first-order valence-corrected chi connectivity index (χ1v) is 6.13. The van der Waals surface area contributed by atoms with Crippen molar-refractivity contribution in [3.8, 4) is 0 Å². The Morgan fingerprint density at radius 3 is 2.14 bits per heavy atom. The molecule has 2 saturated carbocycles. The van der Waals surface area contributed by atoms with Crippen LogP contribution in [0.25, 0.3) is 0 Å². The SMILES string of the molecule is CC(CO)CNCC(C1CC1)C1CC1. The molecule has 14 heavy (non-hydrogen) atoms. The first kappa shape index (κ1) is 10.4. The molecule has 0 aromatic heterocycles. The average Bonchev–Trinajstić information content (AvgIpc) is 3.03. The molecule has 1 atom stereocenters. The molecule has 0 aromatic rings. The molecule has 2 rings (SSSR count). The minimum atomic E-state index is 0.310. The predicted molar refractivity (Wildman–Crippen MR) is 58.1 cm³/mol. The second-order valence-electron chi connectivity index (χ2n) is 5.28. The summed E-state index contributed by atoms with van der Waals surface area (Å²) in [6, 6.07) is 0. The predicted octanol–water partition coefficient (Wildman–Crippen LogP) is 1.64. The lowest BCUT2D eigenvalue weighted by molar-refractivity contribution is 0.230. The van der Waals surface area contributed by atoms with Crippen molar-refractivity contribution in [1.29, 1.82) is 0 Å². The molecular formula is C12H23NO. The Hall–Kier alpha value is -0.0800. The number of aliphatic hydroxyl groups is 1. The molecule has 2 aliphatic carbocycles. The molecule has 0 heterocycles. The van der Waals surface area contributed by atoms with Gasteiger partial charge in [-0.1, -0.05) is 6.92 Å². The molecule has 2 N–H and O–H groups in total. The first-order chi connectivity index (χ1) is 6.81. The fraction of sp³-hybridized carbons (Fsp3) is 1.00. The normalized spacial score (nSPS) is 24.2. The zero-order valence-corrected chi connectivity index (χ0v) is 9.21. The molecule has 0 bridgehead atoms. The van der Waals surface area contributed by atoms with Crippen molar-refractivity contribution < 1.29 is 5.11 Å². The first-order valence-electron chi connectivity index (χ1n) is 6.13. The summed E-state index contributed by atoms with van der Waals surface area (Å²) in [7, 11) is 0. The van der Waals surface area contributed by atoms with Crippen LogP contribution in [0.4, 0.5) is 0 Å². The fourth-order valence-corrected chi connectivity index (χ4v) is 2.33. The molecule has 2 aliphatic rings. The maximum Gasteiger partial charge on any atom is 0.0468 e. The third-order valence-corrected chi connectivity index (χ3v) is 3.64. The number of rotatable bonds is 7. The van der Waals surface area contributed by atoms with Crippen LogP contribution in [0.2, 0.25) is 0 Å². The zero-order chi connectivity index (χ0) is 9.97. The second-order valence-corrected chi connectivity index (χ2v) is 5.28. The van der Waals surface area contributed by atoms with Crippen molar-refractivity contribution >= 4 is 0 Å². The van der Waals surface area contributed by atoms with Crippen molar-refractivity contribution in [1.82, 2.24) is 5.32 Å². The van der Waals surface area contributed by atoms with Crippen LogP contribution >= 0.6 is 0 Å². The summed E-state index contributed by atoms with van der Waals surface area (Å²) >= 11 is 0. The Morgan fingerprint density at radius 2 is 1.71 bits per heavy atom. The summed E-state index contributed by atoms with van der Waals surface area (Å²) in [4.78, 5) is 0. The van der Waals surface area contributed by atoms with Gasteiger partial charge in [0.25, 0.3) is 0 Å². The molecule has 0 aromatic carbocycles. The van der Waals surface area contributed by atoms with Gasteiger partial charge in [-0.15, -0.1) is 0 Å². The van der Waals surface area contributed by atoms with Crippen molar-refractivity contribution in [2.75, 3.05) is 19.7 Å². The lowest BCUT2D eigenvalue weighted by Crippen LogP contribution is -2.30. The topological polar surface area (TPSA) is 32.3 Å². The number of hydrogen-bond acceptors (Lipinski definition) is 2. The van der Waals surface area contributed by atoms with Gasteiger partial charge in [0.1, 0.15) is 0 Å². The molecule has 0 spiro atoms.